The van der Waals surface area contributed by atoms with Crippen LogP contribution in [-0.2, 0) is 35.4 Å². The van der Waals surface area contributed by atoms with Gasteiger partial charge in [0, 0.05) is 43.6 Å². The van der Waals surface area contributed by atoms with Gasteiger partial charge in [-0.3, -0.25) is 4.79 Å². The molecule has 2 amide bonds. The molecule has 0 aliphatic carbocycles. The highest BCUT2D eigenvalue weighted by Gasteiger charge is 2.44. The van der Waals surface area contributed by atoms with E-state index < -0.39 is 34.4 Å². The second-order valence-electron chi connectivity index (χ2n) is 12.6. The molecule has 256 valence electrons. The van der Waals surface area contributed by atoms with Crippen molar-refractivity contribution in [2.75, 3.05) is 44.7 Å². The van der Waals surface area contributed by atoms with Gasteiger partial charge in [0.2, 0.25) is 10.0 Å². The number of benzene rings is 2. The van der Waals surface area contributed by atoms with E-state index in [0.717, 1.165) is 12.0 Å². The third-order valence-corrected chi connectivity index (χ3v) is 10.6. The fourth-order valence-corrected chi connectivity index (χ4v) is 7.88. The number of aliphatic hydroxyl groups excluding tert-OH is 1. The Morgan fingerprint density at radius 3 is 2.57 bits per heavy atom. The van der Waals surface area contributed by atoms with Gasteiger partial charge in [-0.1, -0.05) is 44.2 Å². The van der Waals surface area contributed by atoms with Crippen molar-refractivity contribution in [2.45, 2.75) is 70.0 Å². The van der Waals surface area contributed by atoms with E-state index in [-0.39, 0.29) is 55.0 Å². The van der Waals surface area contributed by atoms with E-state index in [9.17, 15) is 23.1 Å². The number of ether oxygens (including phenoxy) is 3. The minimum Gasteiger partial charge on any atom is -0.443 e. The molecule has 0 aromatic heterocycles. The molecule has 2 saturated heterocycles. The van der Waals surface area contributed by atoms with Crippen molar-refractivity contribution < 1.29 is 37.3 Å². The predicted molar refractivity (Wildman–Crippen MR) is 177 cm³/mol. The first-order chi connectivity index (χ1) is 22.5. The summed E-state index contributed by atoms with van der Waals surface area (Å²) >= 11 is 0. The number of hydrogen-bond acceptors (Lipinski definition) is 9. The van der Waals surface area contributed by atoms with E-state index in [1.807, 2.05) is 62.9 Å². The summed E-state index contributed by atoms with van der Waals surface area (Å²) in [5, 5.41) is 17.2. The number of hydrogen-bond donors (Lipinski definition) is 3. The quantitative estimate of drug-likeness (QED) is 0.257. The molecule has 3 aliphatic heterocycles. The van der Waals surface area contributed by atoms with Gasteiger partial charge in [-0.25, -0.2) is 13.2 Å². The summed E-state index contributed by atoms with van der Waals surface area (Å²) in [6, 6.07) is 13.1. The van der Waals surface area contributed by atoms with Crippen molar-refractivity contribution >= 4 is 33.3 Å². The topological polar surface area (TPSA) is 147 Å². The molecule has 5 atom stereocenters. The summed E-state index contributed by atoms with van der Waals surface area (Å²) in [5.74, 6) is -0.412. The second-order valence-corrected chi connectivity index (χ2v) is 14.6. The lowest BCUT2D eigenvalue weighted by Gasteiger charge is -2.31. The number of amides is 2. The molecule has 3 heterocycles. The van der Waals surface area contributed by atoms with Crippen LogP contribution in [0.5, 0.6) is 0 Å². The minimum absolute atomic E-state index is 0.00703. The molecule has 2 aromatic rings. The number of alkyl carbamates (subject to hydrolysis) is 1. The zero-order valence-electron chi connectivity index (χ0n) is 27.4. The van der Waals surface area contributed by atoms with Crippen molar-refractivity contribution in [2.24, 2.45) is 11.8 Å². The van der Waals surface area contributed by atoms with Gasteiger partial charge >= 0.3 is 6.09 Å². The van der Waals surface area contributed by atoms with Crippen molar-refractivity contribution in [1.29, 1.82) is 0 Å². The number of carbonyl (C=O) groups excluding carboxylic acids is 2. The molecular formula is C34H46N4O8S. The molecule has 13 heteroatoms. The normalized spacial score (nSPS) is 22.7. The van der Waals surface area contributed by atoms with Gasteiger partial charge in [-0.15, -0.1) is 0 Å². The van der Waals surface area contributed by atoms with Crippen LogP contribution in [0.1, 0.15) is 45.2 Å². The number of sulfonamides is 1. The SMILES string of the molecule is CCN(C=C1C(=O)Nc2ccc(S(=O)(=O)N(CC(C)C)CC(O)C(Cc3ccccc3)NC(=O)OC3COC4OCCC34)cc21)CC. The van der Waals surface area contributed by atoms with Gasteiger partial charge in [0.15, 0.2) is 6.29 Å². The Morgan fingerprint density at radius 1 is 1.13 bits per heavy atom. The summed E-state index contributed by atoms with van der Waals surface area (Å²) < 4.78 is 46.5. The average molecular weight is 671 g/mol. The smallest absolute Gasteiger partial charge is 0.407 e. The molecule has 47 heavy (non-hydrogen) atoms. The lowest BCUT2D eigenvalue weighted by Crippen LogP contribution is -2.51. The minimum atomic E-state index is -4.14. The van der Waals surface area contributed by atoms with Crippen molar-refractivity contribution in [3.05, 3.63) is 65.9 Å². The molecule has 0 radical (unpaired) electrons. The highest BCUT2D eigenvalue weighted by Crippen LogP contribution is 2.35. The van der Waals surface area contributed by atoms with E-state index in [1.54, 1.807) is 12.3 Å². The van der Waals surface area contributed by atoms with Crippen LogP contribution in [0.3, 0.4) is 0 Å². The van der Waals surface area contributed by atoms with Gasteiger partial charge in [-0.2, -0.15) is 4.31 Å². The molecule has 0 spiro atoms. The zero-order valence-corrected chi connectivity index (χ0v) is 28.2. The highest BCUT2D eigenvalue weighted by molar-refractivity contribution is 7.89. The Hall–Kier alpha value is -3.49. The maximum Gasteiger partial charge on any atom is 0.407 e. The second kappa shape index (κ2) is 15.2. The maximum absolute atomic E-state index is 14.2. The number of carbonyl (C=O) groups is 2. The van der Waals surface area contributed by atoms with E-state index >= 15 is 0 Å². The first-order valence-corrected chi connectivity index (χ1v) is 17.8. The molecule has 5 rings (SSSR count). The van der Waals surface area contributed by atoms with E-state index in [4.69, 9.17) is 14.2 Å². The Labute approximate surface area is 277 Å². The first-order valence-electron chi connectivity index (χ1n) is 16.3. The molecule has 0 saturated carbocycles. The molecule has 3 N–H and O–H groups in total. The largest absolute Gasteiger partial charge is 0.443 e. The summed E-state index contributed by atoms with van der Waals surface area (Å²) in [4.78, 5) is 27.9. The molecule has 2 fully saturated rings. The maximum atomic E-state index is 14.2. The summed E-state index contributed by atoms with van der Waals surface area (Å²) in [6.07, 6.45) is -0.136. The number of fused-ring (bicyclic) bond motifs is 2. The Balaban J connectivity index is 1.38. The summed E-state index contributed by atoms with van der Waals surface area (Å²) in [6.45, 7) is 9.74. The fourth-order valence-electron chi connectivity index (χ4n) is 6.23. The third kappa shape index (κ3) is 8.15. The van der Waals surface area contributed by atoms with Crippen LogP contribution in [0, 0.1) is 11.8 Å². The first kappa shape index (κ1) is 34.8. The predicted octanol–water partition coefficient (Wildman–Crippen LogP) is 3.43. The number of rotatable bonds is 14. The van der Waals surface area contributed by atoms with Crippen LogP contribution in [0.15, 0.2) is 59.6 Å². The molecule has 3 aliphatic rings. The van der Waals surface area contributed by atoms with Gasteiger partial charge in [-0.05, 0) is 56.4 Å². The number of aliphatic hydroxyl groups is 1. The lowest BCUT2D eigenvalue weighted by atomic mass is 10.0. The van der Waals surface area contributed by atoms with Crippen molar-refractivity contribution in [3.63, 3.8) is 0 Å². The third-order valence-electron chi connectivity index (χ3n) is 8.81. The van der Waals surface area contributed by atoms with Crippen LogP contribution in [0.25, 0.3) is 5.57 Å². The summed E-state index contributed by atoms with van der Waals surface area (Å²) in [7, 11) is -4.14. The van der Waals surface area contributed by atoms with E-state index in [0.29, 0.717) is 36.5 Å². The lowest BCUT2D eigenvalue weighted by molar-refractivity contribution is -0.110. The van der Waals surface area contributed by atoms with Gasteiger partial charge in [0.1, 0.15) is 6.10 Å². The monoisotopic (exact) mass is 670 g/mol. The fraction of sp³-hybridized carbons (Fsp3) is 0.529. The highest BCUT2D eigenvalue weighted by atomic mass is 32.2. The van der Waals surface area contributed by atoms with Crippen LogP contribution >= 0.6 is 0 Å². The Morgan fingerprint density at radius 2 is 1.87 bits per heavy atom. The Bertz CT molecular complexity index is 1550. The van der Waals surface area contributed by atoms with Gasteiger partial charge in [0.25, 0.3) is 5.91 Å². The molecule has 2 aromatic carbocycles. The number of anilines is 1. The molecule has 12 nitrogen and oxygen atoms in total. The van der Waals surface area contributed by atoms with Crippen LogP contribution in [0.4, 0.5) is 10.5 Å². The molecular weight excluding hydrogens is 624 g/mol. The van der Waals surface area contributed by atoms with Gasteiger partial charge < -0.3 is 34.9 Å². The summed E-state index contributed by atoms with van der Waals surface area (Å²) in [5.41, 5.74) is 2.29. The van der Waals surface area contributed by atoms with E-state index in [2.05, 4.69) is 10.6 Å². The zero-order chi connectivity index (χ0) is 33.7. The number of nitrogens with one attached hydrogen (secondary N) is 2. The van der Waals surface area contributed by atoms with Gasteiger partial charge in [0.05, 0.1) is 41.7 Å². The van der Waals surface area contributed by atoms with E-state index in [1.165, 1.54) is 16.4 Å². The van der Waals surface area contributed by atoms with Crippen molar-refractivity contribution in [3.8, 4) is 0 Å². The molecule has 0 bridgehead atoms. The Kier molecular flexibility index (Phi) is 11.2. The van der Waals surface area contributed by atoms with Crippen LogP contribution in [-0.4, -0.2) is 98.7 Å². The average Bonchev–Trinajstić information content (AvgIpc) is 3.74. The number of nitrogens with zero attached hydrogens (tertiary/aromatic N) is 2. The standard InChI is InChI=1S/C34H46N4O8S/c1-5-37(6-2)19-27-26-17-24(12-13-28(26)35-32(27)40)47(42,43)38(18-22(3)4)20-30(39)29(16-23-10-8-7-9-11-23)36-34(41)46-31-21-45-33-25(31)14-15-44-33/h7-13,17,19,22,25,29-31,33,39H,5-6,14-16,18,20-21H2,1-4H3,(H,35,40)(H,36,41). The van der Waals surface area contributed by atoms with Crippen LogP contribution in [0.2, 0.25) is 0 Å². The molecule has 5 unspecified atom stereocenters. The van der Waals surface area contributed by atoms with Crippen molar-refractivity contribution in [1.82, 2.24) is 14.5 Å². The van der Waals surface area contributed by atoms with Crippen LogP contribution < -0.4 is 10.6 Å².